The van der Waals surface area contributed by atoms with Crippen molar-refractivity contribution in [3.05, 3.63) is 176 Å². The number of fused-ring (bicyclic) bond motifs is 3. The largest absolute Gasteiger partial charge is 0.507 e. The molecule has 0 aliphatic heterocycles. The molecular weight excluding hydrogens is 625 g/mol. The van der Waals surface area contributed by atoms with Gasteiger partial charge in [-0.15, -0.1) is 0 Å². The Hall–Kier alpha value is -6.78. The first kappa shape index (κ1) is 30.3. The minimum Gasteiger partial charge on any atom is -0.507 e. The lowest BCUT2D eigenvalue weighted by Gasteiger charge is -2.13. The van der Waals surface area contributed by atoms with E-state index in [4.69, 9.17) is 14.4 Å². The van der Waals surface area contributed by atoms with Crippen LogP contribution < -0.4 is 0 Å². The SMILES string of the molecule is Cc1cc(-c2cccc(-c3ccc4c(c3)oc3ccccc34)c2)cc(-c2cccc(-c3cc(-c4ccccc4)cc(-c4ccccc4O)n3)c2)n1. The van der Waals surface area contributed by atoms with Crippen LogP contribution in [0.3, 0.4) is 0 Å². The number of nitrogens with zero attached hydrogens (tertiary/aromatic N) is 2. The Morgan fingerprint density at radius 1 is 0.392 bits per heavy atom. The maximum absolute atomic E-state index is 10.7. The van der Waals surface area contributed by atoms with Gasteiger partial charge in [-0.25, -0.2) is 4.98 Å². The number of phenols is 1. The molecule has 0 radical (unpaired) electrons. The smallest absolute Gasteiger partial charge is 0.136 e. The van der Waals surface area contributed by atoms with Crippen LogP contribution >= 0.6 is 0 Å². The van der Waals surface area contributed by atoms with E-state index >= 15 is 0 Å². The van der Waals surface area contributed by atoms with Gasteiger partial charge in [0.1, 0.15) is 16.9 Å². The molecule has 9 aromatic rings. The molecule has 242 valence electrons. The van der Waals surface area contributed by atoms with E-state index in [1.807, 2.05) is 67.6 Å². The molecule has 0 bridgehead atoms. The Morgan fingerprint density at radius 2 is 0.961 bits per heavy atom. The standard InChI is InChI=1S/C47H32N2O2/c1-30-23-37(33-14-9-13-32(24-33)34-21-22-40-39-17-6-8-20-46(39)51-47(40)29-34)26-42(48-30)35-15-10-16-36(25-35)43-27-38(31-11-3-2-4-12-31)28-44(49-43)41-18-5-7-19-45(41)50/h2-29,50H,1H3. The summed E-state index contributed by atoms with van der Waals surface area (Å²) < 4.78 is 6.19. The number of hydrogen-bond acceptors (Lipinski definition) is 4. The average Bonchev–Trinajstić information content (AvgIpc) is 3.56. The van der Waals surface area contributed by atoms with Crippen molar-refractivity contribution < 1.29 is 9.52 Å². The Labute approximate surface area is 296 Å². The quantitative estimate of drug-likeness (QED) is 0.193. The third-order valence-corrected chi connectivity index (χ3v) is 9.43. The summed E-state index contributed by atoms with van der Waals surface area (Å²) in [5, 5.41) is 13.0. The lowest BCUT2D eigenvalue weighted by molar-refractivity contribution is 0.477. The van der Waals surface area contributed by atoms with Gasteiger partial charge in [0.05, 0.1) is 17.1 Å². The van der Waals surface area contributed by atoms with Gasteiger partial charge in [0.25, 0.3) is 0 Å². The molecule has 0 fully saturated rings. The van der Waals surface area contributed by atoms with E-state index in [1.54, 1.807) is 6.07 Å². The van der Waals surface area contributed by atoms with Crippen LogP contribution in [0.1, 0.15) is 5.69 Å². The predicted octanol–water partition coefficient (Wildman–Crippen LogP) is 12.4. The number of hydrogen-bond donors (Lipinski definition) is 1. The molecule has 1 N–H and O–H groups in total. The van der Waals surface area contributed by atoms with Gasteiger partial charge in [-0.3, -0.25) is 4.98 Å². The van der Waals surface area contributed by atoms with Crippen LogP contribution in [0, 0.1) is 6.92 Å². The van der Waals surface area contributed by atoms with E-state index in [9.17, 15) is 5.11 Å². The second kappa shape index (κ2) is 12.6. The maximum atomic E-state index is 10.7. The molecule has 3 aromatic heterocycles. The van der Waals surface area contributed by atoms with E-state index in [0.29, 0.717) is 11.3 Å². The van der Waals surface area contributed by atoms with Crippen molar-refractivity contribution in [3.63, 3.8) is 0 Å². The van der Waals surface area contributed by atoms with Gasteiger partial charge in [0.2, 0.25) is 0 Å². The minimum atomic E-state index is 0.200. The normalized spacial score (nSPS) is 11.3. The summed E-state index contributed by atoms with van der Waals surface area (Å²) in [7, 11) is 0. The Balaban J connectivity index is 1.09. The monoisotopic (exact) mass is 656 g/mol. The molecule has 4 nitrogen and oxygen atoms in total. The first-order valence-electron chi connectivity index (χ1n) is 17.0. The van der Waals surface area contributed by atoms with E-state index in [0.717, 1.165) is 83.5 Å². The maximum Gasteiger partial charge on any atom is 0.136 e. The summed E-state index contributed by atoms with van der Waals surface area (Å²) in [6.45, 7) is 2.04. The third-order valence-electron chi connectivity index (χ3n) is 9.43. The second-order valence-corrected chi connectivity index (χ2v) is 12.9. The summed E-state index contributed by atoms with van der Waals surface area (Å²) in [5.74, 6) is 0.200. The van der Waals surface area contributed by atoms with Gasteiger partial charge in [-0.1, -0.05) is 103 Å². The molecule has 0 aliphatic carbocycles. The number of pyridine rings is 2. The van der Waals surface area contributed by atoms with Crippen LogP contribution in [0.5, 0.6) is 5.75 Å². The fourth-order valence-corrected chi connectivity index (χ4v) is 6.91. The molecule has 0 atom stereocenters. The highest BCUT2D eigenvalue weighted by Gasteiger charge is 2.14. The Kier molecular flexibility index (Phi) is 7.48. The molecule has 0 saturated heterocycles. The van der Waals surface area contributed by atoms with Gasteiger partial charge in [-0.2, -0.15) is 0 Å². The molecular formula is C47H32N2O2. The van der Waals surface area contributed by atoms with E-state index in [-0.39, 0.29) is 5.75 Å². The number of para-hydroxylation sites is 2. The molecule has 3 heterocycles. The number of phenolic OH excluding ortho intramolecular Hbond substituents is 1. The van der Waals surface area contributed by atoms with E-state index in [2.05, 4.69) is 103 Å². The number of aryl methyl sites for hydroxylation is 1. The van der Waals surface area contributed by atoms with Crippen molar-refractivity contribution in [3.8, 4) is 72.9 Å². The number of benzene rings is 6. The molecule has 51 heavy (non-hydrogen) atoms. The summed E-state index contributed by atoms with van der Waals surface area (Å²) in [5.41, 5.74) is 14.4. The highest BCUT2D eigenvalue weighted by molar-refractivity contribution is 6.06. The van der Waals surface area contributed by atoms with Crippen molar-refractivity contribution >= 4 is 21.9 Å². The minimum absolute atomic E-state index is 0.200. The third kappa shape index (κ3) is 5.83. The zero-order valence-corrected chi connectivity index (χ0v) is 27.9. The molecule has 0 spiro atoms. The molecule has 0 unspecified atom stereocenters. The van der Waals surface area contributed by atoms with Crippen LogP contribution in [0.2, 0.25) is 0 Å². The number of rotatable bonds is 6. The van der Waals surface area contributed by atoms with Crippen LogP contribution in [0.4, 0.5) is 0 Å². The molecule has 0 amide bonds. The summed E-state index contributed by atoms with van der Waals surface area (Å²) in [6, 6.07) is 57.7. The van der Waals surface area contributed by atoms with Crippen molar-refractivity contribution in [2.45, 2.75) is 6.92 Å². The van der Waals surface area contributed by atoms with Gasteiger partial charge in [0.15, 0.2) is 0 Å². The van der Waals surface area contributed by atoms with Gasteiger partial charge in [0, 0.05) is 33.2 Å². The first-order valence-corrected chi connectivity index (χ1v) is 17.0. The van der Waals surface area contributed by atoms with Crippen LogP contribution in [-0.2, 0) is 0 Å². The van der Waals surface area contributed by atoms with Gasteiger partial charge < -0.3 is 9.52 Å². The van der Waals surface area contributed by atoms with Crippen molar-refractivity contribution in [1.82, 2.24) is 9.97 Å². The highest BCUT2D eigenvalue weighted by atomic mass is 16.3. The van der Waals surface area contributed by atoms with Gasteiger partial charge >= 0.3 is 0 Å². The zero-order chi connectivity index (χ0) is 34.3. The topological polar surface area (TPSA) is 59.2 Å². The number of aromatic hydroxyl groups is 1. The van der Waals surface area contributed by atoms with E-state index < -0.39 is 0 Å². The van der Waals surface area contributed by atoms with Crippen molar-refractivity contribution in [1.29, 1.82) is 0 Å². The molecule has 4 heteroatoms. The summed E-state index contributed by atoms with van der Waals surface area (Å²) in [4.78, 5) is 10.0. The van der Waals surface area contributed by atoms with Crippen LogP contribution in [0.15, 0.2) is 174 Å². The number of aromatic nitrogens is 2. The average molecular weight is 657 g/mol. The molecule has 0 saturated carbocycles. The molecule has 0 aliphatic rings. The van der Waals surface area contributed by atoms with Crippen LogP contribution in [-0.4, -0.2) is 15.1 Å². The Morgan fingerprint density at radius 3 is 1.76 bits per heavy atom. The fraction of sp³-hybridized carbons (Fsp3) is 0.0213. The summed E-state index contributed by atoms with van der Waals surface area (Å²) >= 11 is 0. The molecule has 9 rings (SSSR count). The zero-order valence-electron chi connectivity index (χ0n) is 27.9. The first-order chi connectivity index (χ1) is 25.1. The highest BCUT2D eigenvalue weighted by Crippen LogP contribution is 2.37. The van der Waals surface area contributed by atoms with Crippen LogP contribution in [0.25, 0.3) is 89.1 Å². The Bertz CT molecular complexity index is 2730. The lowest BCUT2D eigenvalue weighted by atomic mass is 9.96. The van der Waals surface area contributed by atoms with E-state index in [1.165, 1.54) is 0 Å². The molecule has 6 aromatic carbocycles. The van der Waals surface area contributed by atoms with Crippen molar-refractivity contribution in [2.75, 3.05) is 0 Å². The summed E-state index contributed by atoms with van der Waals surface area (Å²) in [6.07, 6.45) is 0. The number of furan rings is 1. The fourth-order valence-electron chi connectivity index (χ4n) is 6.91. The van der Waals surface area contributed by atoms with Crippen molar-refractivity contribution in [2.24, 2.45) is 0 Å². The second-order valence-electron chi connectivity index (χ2n) is 12.9. The van der Waals surface area contributed by atoms with Gasteiger partial charge in [-0.05, 0) is 107 Å². The predicted molar refractivity (Wildman–Crippen MR) is 208 cm³/mol. The lowest BCUT2D eigenvalue weighted by Crippen LogP contribution is -1.93.